The summed E-state index contributed by atoms with van der Waals surface area (Å²) in [5, 5.41) is 12.1. The number of fused-ring (bicyclic) bond motifs is 1. The molecule has 0 atom stereocenters. The first-order chi connectivity index (χ1) is 14.9. The molecule has 0 spiro atoms. The molecule has 0 amide bonds. The van der Waals surface area contributed by atoms with Gasteiger partial charge in [0.15, 0.2) is 5.43 Å². The van der Waals surface area contributed by atoms with E-state index < -0.39 is 20.6 Å². The average molecular weight is 443 g/mol. The van der Waals surface area contributed by atoms with E-state index in [-0.39, 0.29) is 21.8 Å². The summed E-state index contributed by atoms with van der Waals surface area (Å²) >= 11 is 0. The normalized spacial score (nSPS) is 15.5. The summed E-state index contributed by atoms with van der Waals surface area (Å²) in [6.07, 6.45) is 4.98. The first-order valence-corrected chi connectivity index (χ1v) is 11.4. The van der Waals surface area contributed by atoms with Gasteiger partial charge in [-0.1, -0.05) is 12.8 Å². The van der Waals surface area contributed by atoms with Crippen LogP contribution < -0.4 is 10.2 Å². The second-order valence-electron chi connectivity index (χ2n) is 7.36. The Bertz CT molecular complexity index is 1290. The molecule has 1 fully saturated rings. The highest BCUT2D eigenvalue weighted by atomic mass is 32.2. The second-order valence-corrected chi connectivity index (χ2v) is 9.29. The van der Waals surface area contributed by atoms with Crippen LogP contribution in [0.15, 0.2) is 58.4 Å². The second kappa shape index (κ2) is 8.48. The number of hydrogen-bond acceptors (Lipinski definition) is 6. The number of ether oxygens (including phenoxy) is 1. The molecular weight excluding hydrogens is 422 g/mol. The third kappa shape index (κ3) is 4.30. The molecular formula is C21H21N3O6S. The zero-order chi connectivity index (χ0) is 22.0. The van der Waals surface area contributed by atoms with Gasteiger partial charge in [0.05, 0.1) is 15.3 Å². The van der Waals surface area contributed by atoms with E-state index in [9.17, 15) is 23.3 Å². The highest BCUT2D eigenvalue weighted by Crippen LogP contribution is 2.35. The zero-order valence-corrected chi connectivity index (χ0v) is 17.4. The highest BCUT2D eigenvalue weighted by molar-refractivity contribution is 7.89. The fourth-order valence-electron chi connectivity index (χ4n) is 3.66. The number of pyridine rings is 1. The first-order valence-electron chi connectivity index (χ1n) is 9.94. The summed E-state index contributed by atoms with van der Waals surface area (Å²) in [5.74, 6) is 0.193. The van der Waals surface area contributed by atoms with Crippen molar-refractivity contribution in [2.45, 2.75) is 30.6 Å². The summed E-state index contributed by atoms with van der Waals surface area (Å²) in [6.45, 7) is 0.813. The minimum Gasteiger partial charge on any atom is -0.450 e. The number of hydrogen-bond donors (Lipinski definition) is 1. The predicted molar refractivity (Wildman–Crippen MR) is 115 cm³/mol. The number of aromatic amines is 1. The van der Waals surface area contributed by atoms with Gasteiger partial charge in [-0.25, -0.2) is 8.42 Å². The van der Waals surface area contributed by atoms with Crippen molar-refractivity contribution in [3.63, 3.8) is 0 Å². The molecule has 0 aliphatic carbocycles. The van der Waals surface area contributed by atoms with Gasteiger partial charge in [0, 0.05) is 42.9 Å². The van der Waals surface area contributed by atoms with Crippen LogP contribution in [0.5, 0.6) is 11.5 Å². The minimum atomic E-state index is -3.83. The molecule has 1 aromatic heterocycles. The van der Waals surface area contributed by atoms with Crippen molar-refractivity contribution in [3.05, 3.63) is 69.0 Å². The Kier molecular flexibility index (Phi) is 5.75. The maximum atomic E-state index is 13.0. The molecule has 9 nitrogen and oxygen atoms in total. The fraction of sp³-hybridized carbons (Fsp3) is 0.286. The largest absolute Gasteiger partial charge is 0.450 e. The van der Waals surface area contributed by atoms with Gasteiger partial charge in [-0.05, 0) is 37.1 Å². The van der Waals surface area contributed by atoms with E-state index in [2.05, 4.69) is 4.98 Å². The molecule has 10 heteroatoms. The summed E-state index contributed by atoms with van der Waals surface area (Å²) in [6, 6.07) is 9.71. The standard InChI is InChI=1S/C21H21N3O6S/c25-20-9-10-22-18-13-15(5-7-17(18)20)30-21-8-6-16(14-19(21)24(26)27)31(28,29)23-11-3-1-2-4-12-23/h5-10,13-14H,1-4,11-12H2,(H,22,25). The van der Waals surface area contributed by atoms with Gasteiger partial charge in [-0.15, -0.1) is 0 Å². The molecule has 1 aliphatic rings. The summed E-state index contributed by atoms with van der Waals surface area (Å²) < 4.78 is 33.1. The van der Waals surface area contributed by atoms with Gasteiger partial charge in [-0.3, -0.25) is 14.9 Å². The van der Waals surface area contributed by atoms with Gasteiger partial charge >= 0.3 is 5.69 Å². The van der Waals surface area contributed by atoms with Gasteiger partial charge in [-0.2, -0.15) is 4.31 Å². The number of nitrogens with one attached hydrogen (secondary N) is 1. The molecule has 0 unspecified atom stereocenters. The van der Waals surface area contributed by atoms with E-state index >= 15 is 0 Å². The van der Waals surface area contributed by atoms with Crippen LogP contribution in [0.4, 0.5) is 5.69 Å². The van der Waals surface area contributed by atoms with Crippen LogP contribution in [0.25, 0.3) is 10.9 Å². The maximum absolute atomic E-state index is 13.0. The lowest BCUT2D eigenvalue weighted by Crippen LogP contribution is -2.31. The number of sulfonamides is 1. The third-order valence-corrected chi connectivity index (χ3v) is 7.18. The molecule has 0 saturated carbocycles. The summed E-state index contributed by atoms with van der Waals surface area (Å²) in [5.41, 5.74) is -0.0834. The highest BCUT2D eigenvalue weighted by Gasteiger charge is 2.28. The summed E-state index contributed by atoms with van der Waals surface area (Å²) in [4.78, 5) is 25.6. The monoisotopic (exact) mass is 443 g/mol. The van der Waals surface area contributed by atoms with Gasteiger partial charge in [0.2, 0.25) is 15.8 Å². The van der Waals surface area contributed by atoms with Crippen molar-refractivity contribution in [1.82, 2.24) is 9.29 Å². The van der Waals surface area contributed by atoms with Crippen LogP contribution in [-0.2, 0) is 10.0 Å². The van der Waals surface area contributed by atoms with Crippen LogP contribution in [-0.4, -0.2) is 35.7 Å². The Morgan fingerprint density at radius 1 is 1.00 bits per heavy atom. The van der Waals surface area contributed by atoms with Crippen LogP contribution in [0.2, 0.25) is 0 Å². The van der Waals surface area contributed by atoms with E-state index in [0.717, 1.165) is 31.7 Å². The third-order valence-electron chi connectivity index (χ3n) is 5.29. The molecule has 2 aromatic carbocycles. The lowest BCUT2D eigenvalue weighted by atomic mass is 10.2. The predicted octanol–water partition coefficient (Wildman–Crippen LogP) is 3.79. The lowest BCUT2D eigenvalue weighted by molar-refractivity contribution is -0.385. The van der Waals surface area contributed by atoms with Crippen molar-refractivity contribution in [1.29, 1.82) is 0 Å². The van der Waals surface area contributed by atoms with Crippen molar-refractivity contribution in [3.8, 4) is 11.5 Å². The summed E-state index contributed by atoms with van der Waals surface area (Å²) in [7, 11) is -3.83. The molecule has 0 bridgehead atoms. The number of nitro groups is 1. The average Bonchev–Trinajstić information content (AvgIpc) is 3.04. The van der Waals surface area contributed by atoms with Crippen molar-refractivity contribution in [2.24, 2.45) is 0 Å². The first kappa shape index (κ1) is 21.0. The number of H-pyrrole nitrogens is 1. The fourth-order valence-corrected chi connectivity index (χ4v) is 5.20. The van der Waals surface area contributed by atoms with E-state index in [1.807, 2.05) is 0 Å². The Hall–Kier alpha value is -3.24. The van der Waals surface area contributed by atoms with Gasteiger partial charge in [0.1, 0.15) is 5.75 Å². The molecule has 162 valence electrons. The van der Waals surface area contributed by atoms with E-state index in [1.165, 1.54) is 34.8 Å². The SMILES string of the molecule is O=c1cc[nH]c2cc(Oc3ccc(S(=O)(=O)N4CCCCCC4)cc3[N+](=O)[O-])ccc12. The minimum absolute atomic E-state index is 0.0857. The van der Waals surface area contributed by atoms with Crippen molar-refractivity contribution < 1.29 is 18.1 Å². The molecule has 1 saturated heterocycles. The van der Waals surface area contributed by atoms with E-state index in [0.29, 0.717) is 24.0 Å². The molecule has 31 heavy (non-hydrogen) atoms. The number of nitrogens with zero attached hydrogens (tertiary/aromatic N) is 2. The number of rotatable bonds is 5. The van der Waals surface area contributed by atoms with E-state index in [1.54, 1.807) is 12.1 Å². The maximum Gasteiger partial charge on any atom is 0.312 e. The number of nitro benzene ring substituents is 1. The van der Waals surface area contributed by atoms with Crippen LogP contribution in [0.3, 0.4) is 0 Å². The van der Waals surface area contributed by atoms with Crippen molar-refractivity contribution >= 4 is 26.6 Å². The van der Waals surface area contributed by atoms with Gasteiger partial charge in [0.25, 0.3) is 0 Å². The smallest absolute Gasteiger partial charge is 0.312 e. The molecule has 2 heterocycles. The zero-order valence-electron chi connectivity index (χ0n) is 16.6. The topological polar surface area (TPSA) is 123 Å². The van der Waals surface area contributed by atoms with Crippen molar-refractivity contribution in [2.75, 3.05) is 13.1 Å². The lowest BCUT2D eigenvalue weighted by Gasteiger charge is -2.20. The quantitative estimate of drug-likeness (QED) is 0.473. The molecule has 4 rings (SSSR count). The number of aromatic nitrogens is 1. The van der Waals surface area contributed by atoms with Crippen LogP contribution >= 0.6 is 0 Å². The Morgan fingerprint density at radius 3 is 2.45 bits per heavy atom. The molecule has 1 aliphatic heterocycles. The Morgan fingerprint density at radius 2 is 1.74 bits per heavy atom. The van der Waals surface area contributed by atoms with Crippen LogP contribution in [0.1, 0.15) is 25.7 Å². The van der Waals surface area contributed by atoms with E-state index in [4.69, 9.17) is 4.74 Å². The number of benzene rings is 2. The van der Waals surface area contributed by atoms with Crippen LogP contribution in [0, 0.1) is 10.1 Å². The van der Waals surface area contributed by atoms with Gasteiger partial charge < -0.3 is 9.72 Å². The molecule has 1 N–H and O–H groups in total. The molecule has 3 aromatic rings. The Labute approximate surface area is 178 Å². The molecule has 0 radical (unpaired) electrons. The Balaban J connectivity index is 1.68.